The number of ether oxygens (including phenoxy) is 1. The molecule has 1 unspecified atom stereocenters. The summed E-state index contributed by atoms with van der Waals surface area (Å²) in [5, 5.41) is 2.79. The maximum absolute atomic E-state index is 12.3. The van der Waals surface area contributed by atoms with Crippen LogP contribution in [0.1, 0.15) is 23.2 Å². The molecule has 2 aromatic carbocycles. The van der Waals surface area contributed by atoms with Crippen molar-refractivity contribution in [3.05, 3.63) is 54.1 Å². The van der Waals surface area contributed by atoms with E-state index >= 15 is 0 Å². The maximum Gasteiger partial charge on any atom is 0.414 e. The van der Waals surface area contributed by atoms with Crippen molar-refractivity contribution in [1.29, 1.82) is 0 Å². The Morgan fingerprint density at radius 1 is 1.07 bits per heavy atom. The lowest BCUT2D eigenvalue weighted by Gasteiger charge is -2.18. The van der Waals surface area contributed by atoms with E-state index in [2.05, 4.69) is 17.9 Å². The first-order valence-electron chi connectivity index (χ1n) is 9.48. The SMILES string of the molecule is O=C(NCC1CN(c2ccc(N3CCCC3=O)cc2)C(=O)O1)c1ccccc1S. The molecule has 2 aliphatic rings. The Labute approximate surface area is 174 Å². The Hall–Kier alpha value is -3.00. The Morgan fingerprint density at radius 3 is 2.41 bits per heavy atom. The highest BCUT2D eigenvalue weighted by Gasteiger charge is 2.33. The fraction of sp³-hybridized carbons (Fsp3) is 0.286. The van der Waals surface area contributed by atoms with Gasteiger partial charge in [-0.05, 0) is 42.8 Å². The lowest BCUT2D eigenvalue weighted by molar-refractivity contribution is -0.117. The largest absolute Gasteiger partial charge is 0.442 e. The lowest BCUT2D eigenvalue weighted by atomic mass is 10.2. The van der Waals surface area contributed by atoms with Gasteiger partial charge in [0.2, 0.25) is 5.91 Å². The molecule has 2 heterocycles. The number of hydrogen-bond acceptors (Lipinski definition) is 5. The number of thiol groups is 1. The molecule has 3 amide bonds. The number of nitrogens with zero attached hydrogens (tertiary/aromatic N) is 2. The van der Waals surface area contributed by atoms with Crippen molar-refractivity contribution in [2.24, 2.45) is 0 Å². The third-order valence-corrected chi connectivity index (χ3v) is 5.45. The minimum Gasteiger partial charge on any atom is -0.442 e. The molecule has 1 atom stereocenters. The molecule has 150 valence electrons. The number of cyclic esters (lactones) is 1. The van der Waals surface area contributed by atoms with Crippen LogP contribution >= 0.6 is 12.6 Å². The molecular formula is C21H21N3O4S. The predicted octanol–water partition coefficient (Wildman–Crippen LogP) is 2.86. The van der Waals surface area contributed by atoms with Gasteiger partial charge in [-0.3, -0.25) is 14.5 Å². The first-order chi connectivity index (χ1) is 14.0. The lowest BCUT2D eigenvalue weighted by Crippen LogP contribution is -2.34. The molecule has 0 bridgehead atoms. The van der Waals surface area contributed by atoms with Crippen LogP contribution in [0.4, 0.5) is 16.2 Å². The quantitative estimate of drug-likeness (QED) is 0.742. The highest BCUT2D eigenvalue weighted by Crippen LogP contribution is 2.27. The first-order valence-corrected chi connectivity index (χ1v) is 9.92. The molecule has 0 aliphatic carbocycles. The summed E-state index contributed by atoms with van der Waals surface area (Å²) in [4.78, 5) is 40.3. The molecule has 8 heteroatoms. The molecule has 0 spiro atoms. The second kappa shape index (κ2) is 8.16. The van der Waals surface area contributed by atoms with Crippen LogP contribution in [0.2, 0.25) is 0 Å². The zero-order chi connectivity index (χ0) is 20.4. The molecule has 29 heavy (non-hydrogen) atoms. The van der Waals surface area contributed by atoms with Crippen molar-refractivity contribution >= 4 is 41.9 Å². The predicted molar refractivity (Wildman–Crippen MR) is 112 cm³/mol. The van der Waals surface area contributed by atoms with Crippen LogP contribution in [0.15, 0.2) is 53.4 Å². The van der Waals surface area contributed by atoms with Gasteiger partial charge in [0, 0.05) is 29.2 Å². The minimum atomic E-state index is -0.455. The van der Waals surface area contributed by atoms with E-state index in [1.165, 1.54) is 4.90 Å². The van der Waals surface area contributed by atoms with Gasteiger partial charge in [0.15, 0.2) is 0 Å². The van der Waals surface area contributed by atoms with Crippen LogP contribution in [0, 0.1) is 0 Å². The minimum absolute atomic E-state index is 0.122. The van der Waals surface area contributed by atoms with Gasteiger partial charge in [-0.2, -0.15) is 0 Å². The summed E-state index contributed by atoms with van der Waals surface area (Å²) in [6.45, 7) is 1.27. The van der Waals surface area contributed by atoms with Crippen LogP contribution in [-0.4, -0.2) is 43.6 Å². The Bertz CT molecular complexity index is 947. The zero-order valence-electron chi connectivity index (χ0n) is 15.7. The molecule has 2 aromatic rings. The number of carbonyl (C=O) groups is 3. The summed E-state index contributed by atoms with van der Waals surface area (Å²) < 4.78 is 5.38. The third-order valence-electron chi connectivity index (χ3n) is 5.06. The molecule has 1 N–H and O–H groups in total. The standard InChI is InChI=1S/C21H21N3O4S/c25-19-6-3-11-23(19)14-7-9-15(10-8-14)24-13-16(28-21(24)27)12-22-20(26)17-4-1-2-5-18(17)29/h1-2,4-5,7-10,16,29H,3,6,11-13H2,(H,22,26). The van der Waals surface area contributed by atoms with E-state index in [9.17, 15) is 14.4 Å². The third kappa shape index (κ3) is 4.07. The van der Waals surface area contributed by atoms with E-state index < -0.39 is 12.2 Å². The van der Waals surface area contributed by atoms with Gasteiger partial charge in [0.1, 0.15) is 6.10 Å². The number of nitrogens with one attached hydrogen (secondary N) is 1. The summed E-state index contributed by atoms with van der Waals surface area (Å²) in [5.41, 5.74) is 2.00. The molecule has 0 saturated carbocycles. The van der Waals surface area contributed by atoms with Gasteiger partial charge in [-0.1, -0.05) is 12.1 Å². The highest BCUT2D eigenvalue weighted by molar-refractivity contribution is 7.80. The van der Waals surface area contributed by atoms with Crippen LogP contribution in [0.3, 0.4) is 0 Å². The highest BCUT2D eigenvalue weighted by atomic mass is 32.1. The Morgan fingerprint density at radius 2 is 1.76 bits per heavy atom. The number of hydrogen-bond donors (Lipinski definition) is 2. The van der Waals surface area contributed by atoms with Crippen molar-refractivity contribution < 1.29 is 19.1 Å². The van der Waals surface area contributed by atoms with E-state index in [1.807, 2.05) is 12.1 Å². The second-order valence-electron chi connectivity index (χ2n) is 7.01. The van der Waals surface area contributed by atoms with Gasteiger partial charge >= 0.3 is 6.09 Å². The normalized spacial score (nSPS) is 18.9. The molecule has 2 saturated heterocycles. The van der Waals surface area contributed by atoms with Gasteiger partial charge in [-0.15, -0.1) is 12.6 Å². The average Bonchev–Trinajstić information content (AvgIpc) is 3.32. The van der Waals surface area contributed by atoms with E-state index in [0.29, 0.717) is 29.1 Å². The summed E-state index contributed by atoms with van der Waals surface area (Å²) >= 11 is 4.28. The number of amides is 3. The molecular weight excluding hydrogens is 390 g/mol. The fourth-order valence-electron chi connectivity index (χ4n) is 3.54. The van der Waals surface area contributed by atoms with Crippen molar-refractivity contribution in [2.75, 3.05) is 29.4 Å². The molecule has 0 aromatic heterocycles. The number of anilines is 2. The first kappa shape index (κ1) is 19.3. The molecule has 2 fully saturated rings. The Kier molecular flexibility index (Phi) is 5.44. The van der Waals surface area contributed by atoms with Crippen molar-refractivity contribution in [2.45, 2.75) is 23.8 Å². The molecule has 4 rings (SSSR count). The van der Waals surface area contributed by atoms with Crippen LogP contribution < -0.4 is 15.1 Å². The summed E-state index contributed by atoms with van der Waals surface area (Å²) in [7, 11) is 0. The summed E-state index contributed by atoms with van der Waals surface area (Å²) in [5.74, 6) is -0.137. The molecule has 2 aliphatic heterocycles. The van der Waals surface area contributed by atoms with Crippen molar-refractivity contribution in [1.82, 2.24) is 5.32 Å². The van der Waals surface area contributed by atoms with Gasteiger partial charge in [-0.25, -0.2) is 4.79 Å². The second-order valence-corrected chi connectivity index (χ2v) is 7.49. The van der Waals surface area contributed by atoms with Gasteiger partial charge < -0.3 is 15.0 Å². The van der Waals surface area contributed by atoms with Crippen molar-refractivity contribution in [3.8, 4) is 0 Å². The number of benzene rings is 2. The zero-order valence-corrected chi connectivity index (χ0v) is 16.6. The van der Waals surface area contributed by atoms with Crippen LogP contribution in [-0.2, 0) is 9.53 Å². The van der Waals surface area contributed by atoms with Crippen molar-refractivity contribution in [3.63, 3.8) is 0 Å². The Balaban J connectivity index is 1.36. The summed E-state index contributed by atoms with van der Waals surface area (Å²) in [6, 6.07) is 14.3. The van der Waals surface area contributed by atoms with Crippen LogP contribution in [0.25, 0.3) is 0 Å². The molecule has 7 nitrogen and oxygen atoms in total. The van der Waals surface area contributed by atoms with Gasteiger partial charge in [0.25, 0.3) is 5.91 Å². The average molecular weight is 411 g/mol. The molecule has 0 radical (unpaired) electrons. The summed E-state index contributed by atoms with van der Waals surface area (Å²) in [6.07, 6.45) is 0.539. The van der Waals surface area contributed by atoms with E-state index in [0.717, 1.165) is 18.7 Å². The van der Waals surface area contributed by atoms with Gasteiger partial charge in [0.05, 0.1) is 18.7 Å². The topological polar surface area (TPSA) is 79.0 Å². The van der Waals surface area contributed by atoms with E-state index in [1.54, 1.807) is 41.3 Å². The maximum atomic E-state index is 12.3. The van der Waals surface area contributed by atoms with E-state index in [-0.39, 0.29) is 18.4 Å². The van der Waals surface area contributed by atoms with E-state index in [4.69, 9.17) is 4.74 Å². The monoisotopic (exact) mass is 411 g/mol. The smallest absolute Gasteiger partial charge is 0.414 e. The van der Waals surface area contributed by atoms with Crippen LogP contribution in [0.5, 0.6) is 0 Å². The fourth-order valence-corrected chi connectivity index (χ4v) is 3.80. The number of rotatable bonds is 5. The number of carbonyl (C=O) groups excluding carboxylic acids is 3.